The fourth-order valence-electron chi connectivity index (χ4n) is 2.38. The van der Waals surface area contributed by atoms with Crippen molar-refractivity contribution in [2.45, 2.75) is 19.3 Å². The second-order valence-electron chi connectivity index (χ2n) is 6.38. The van der Waals surface area contributed by atoms with Crippen LogP contribution < -0.4 is 10.9 Å². The van der Waals surface area contributed by atoms with Crippen LogP contribution in [0.1, 0.15) is 30.4 Å². The minimum atomic E-state index is -0.632. The van der Waals surface area contributed by atoms with Gasteiger partial charge in [0.1, 0.15) is 10.0 Å². The smallest absolute Gasteiger partial charge is 0.273 e. The Kier molecular flexibility index (Phi) is 9.39. The van der Waals surface area contributed by atoms with Gasteiger partial charge in [-0.2, -0.15) is 10.2 Å². The summed E-state index contributed by atoms with van der Waals surface area (Å²) in [5.74, 6) is -0.918. The molecule has 14 heteroatoms. The lowest BCUT2D eigenvalue weighted by Gasteiger charge is -2.01. The number of nitrogens with one attached hydrogen (secondary N) is 2. The Morgan fingerprint density at radius 1 is 0.818 bits per heavy atom. The number of hydrogen-bond donors (Lipinski definition) is 2. The van der Waals surface area contributed by atoms with Crippen molar-refractivity contribution < 1.29 is 19.4 Å². The van der Waals surface area contributed by atoms with Crippen LogP contribution in [0.2, 0.25) is 10.0 Å². The van der Waals surface area contributed by atoms with E-state index in [-0.39, 0.29) is 40.7 Å². The monoisotopic (exact) mass is 494 g/mol. The third-order valence-corrected chi connectivity index (χ3v) is 4.59. The molecule has 0 atom stereocenters. The number of benzene rings is 2. The van der Waals surface area contributed by atoms with Gasteiger partial charge in [0.2, 0.25) is 11.8 Å². The van der Waals surface area contributed by atoms with E-state index in [2.05, 4.69) is 21.1 Å². The molecule has 33 heavy (non-hydrogen) atoms. The van der Waals surface area contributed by atoms with Crippen molar-refractivity contribution in [2.75, 3.05) is 0 Å². The van der Waals surface area contributed by atoms with Gasteiger partial charge in [0, 0.05) is 36.1 Å². The maximum absolute atomic E-state index is 11.8. The number of nitro benzene ring substituents is 2. The number of amides is 2. The molecule has 0 radical (unpaired) electrons. The highest BCUT2D eigenvalue weighted by molar-refractivity contribution is 6.33. The fourth-order valence-corrected chi connectivity index (χ4v) is 2.75. The molecular weight excluding hydrogens is 479 g/mol. The van der Waals surface area contributed by atoms with E-state index in [1.807, 2.05) is 0 Å². The Balaban J connectivity index is 1.73. The van der Waals surface area contributed by atoms with Crippen molar-refractivity contribution in [3.63, 3.8) is 0 Å². The SMILES string of the molecule is O=C(CCCC(=O)N/N=C/c1ccc(Cl)c([N+](=O)[O-])c1)N/N=C/c1ccc(Cl)c([N+](=O)[O-])c1. The molecular formula is C19H16Cl2N6O6. The molecule has 0 saturated heterocycles. The first-order valence-corrected chi connectivity index (χ1v) is 9.94. The molecule has 0 aromatic heterocycles. The Morgan fingerprint density at radius 3 is 1.58 bits per heavy atom. The van der Waals surface area contributed by atoms with Crippen molar-refractivity contribution in [1.82, 2.24) is 10.9 Å². The molecule has 2 N–H and O–H groups in total. The average molecular weight is 495 g/mol. The number of hydrazone groups is 2. The number of carbonyl (C=O) groups excluding carboxylic acids is 2. The molecule has 0 unspecified atom stereocenters. The highest BCUT2D eigenvalue weighted by Crippen LogP contribution is 2.25. The van der Waals surface area contributed by atoms with E-state index in [1.165, 1.54) is 48.8 Å². The van der Waals surface area contributed by atoms with E-state index in [1.54, 1.807) is 0 Å². The summed E-state index contributed by atoms with van der Waals surface area (Å²) in [7, 11) is 0. The highest BCUT2D eigenvalue weighted by Gasteiger charge is 2.13. The Labute approximate surface area is 196 Å². The average Bonchev–Trinajstić information content (AvgIpc) is 2.75. The molecule has 0 fully saturated rings. The summed E-state index contributed by atoms with van der Waals surface area (Å²) in [6, 6.07) is 8.11. The molecule has 0 heterocycles. The predicted octanol–water partition coefficient (Wildman–Crippen LogP) is 3.58. The third kappa shape index (κ3) is 8.27. The summed E-state index contributed by atoms with van der Waals surface area (Å²) < 4.78 is 0. The van der Waals surface area contributed by atoms with Gasteiger partial charge in [-0.25, -0.2) is 10.9 Å². The maximum Gasteiger partial charge on any atom is 0.288 e. The Bertz CT molecular complexity index is 1050. The van der Waals surface area contributed by atoms with Gasteiger partial charge in [-0.05, 0) is 18.6 Å². The molecule has 0 bridgehead atoms. The van der Waals surface area contributed by atoms with Crippen LogP contribution in [-0.2, 0) is 9.59 Å². The van der Waals surface area contributed by atoms with Crippen molar-refractivity contribution in [3.8, 4) is 0 Å². The molecule has 2 rings (SSSR count). The van der Waals surface area contributed by atoms with E-state index in [9.17, 15) is 29.8 Å². The Hall–Kier alpha value is -3.90. The highest BCUT2D eigenvalue weighted by atomic mass is 35.5. The summed E-state index contributed by atoms with van der Waals surface area (Å²) in [6.07, 6.45) is 2.66. The van der Waals surface area contributed by atoms with Crippen LogP contribution in [0.15, 0.2) is 46.6 Å². The van der Waals surface area contributed by atoms with Gasteiger partial charge in [0.15, 0.2) is 0 Å². The number of halogens is 2. The molecule has 0 aliphatic rings. The lowest BCUT2D eigenvalue weighted by molar-refractivity contribution is -0.384. The van der Waals surface area contributed by atoms with Crippen LogP contribution >= 0.6 is 23.2 Å². The number of nitro groups is 2. The maximum atomic E-state index is 11.8. The summed E-state index contributed by atoms with van der Waals surface area (Å²) in [6.45, 7) is 0. The Morgan fingerprint density at radius 2 is 1.21 bits per heavy atom. The predicted molar refractivity (Wildman–Crippen MR) is 122 cm³/mol. The number of rotatable bonds is 10. The molecule has 172 valence electrons. The van der Waals surface area contributed by atoms with Crippen molar-refractivity contribution in [3.05, 3.63) is 77.8 Å². The molecule has 2 aromatic carbocycles. The van der Waals surface area contributed by atoms with Gasteiger partial charge < -0.3 is 0 Å². The zero-order valence-corrected chi connectivity index (χ0v) is 18.2. The first-order valence-electron chi connectivity index (χ1n) is 9.19. The van der Waals surface area contributed by atoms with Crippen LogP contribution in [0.3, 0.4) is 0 Å². The zero-order valence-electron chi connectivity index (χ0n) is 16.7. The van der Waals surface area contributed by atoms with E-state index in [4.69, 9.17) is 23.2 Å². The first kappa shape index (κ1) is 25.4. The van der Waals surface area contributed by atoms with Crippen LogP contribution in [0, 0.1) is 20.2 Å². The van der Waals surface area contributed by atoms with Gasteiger partial charge in [-0.3, -0.25) is 29.8 Å². The molecule has 0 aliphatic heterocycles. The molecule has 0 spiro atoms. The van der Waals surface area contributed by atoms with Crippen LogP contribution in [0.25, 0.3) is 0 Å². The third-order valence-electron chi connectivity index (χ3n) is 3.95. The summed E-state index contributed by atoms with van der Waals surface area (Å²) in [5.41, 5.74) is 4.68. The lowest BCUT2D eigenvalue weighted by Crippen LogP contribution is -2.20. The van der Waals surface area contributed by atoms with E-state index in [0.29, 0.717) is 11.1 Å². The minimum absolute atomic E-state index is 0.00137. The molecule has 0 aliphatic carbocycles. The topological polar surface area (TPSA) is 169 Å². The lowest BCUT2D eigenvalue weighted by atomic mass is 10.2. The quantitative estimate of drug-likeness (QED) is 0.290. The second kappa shape index (κ2) is 12.2. The molecule has 2 amide bonds. The number of nitrogens with zero attached hydrogens (tertiary/aromatic N) is 4. The van der Waals surface area contributed by atoms with E-state index >= 15 is 0 Å². The van der Waals surface area contributed by atoms with Crippen molar-refractivity contribution in [2.24, 2.45) is 10.2 Å². The summed E-state index contributed by atoms with van der Waals surface area (Å²) >= 11 is 11.4. The van der Waals surface area contributed by atoms with Gasteiger partial charge in [0.05, 0.1) is 22.3 Å². The second-order valence-corrected chi connectivity index (χ2v) is 7.19. The number of hydrogen-bond acceptors (Lipinski definition) is 8. The first-order chi connectivity index (χ1) is 15.7. The van der Waals surface area contributed by atoms with Crippen LogP contribution in [0.5, 0.6) is 0 Å². The summed E-state index contributed by atoms with van der Waals surface area (Å²) in [5, 5.41) is 29.1. The minimum Gasteiger partial charge on any atom is -0.273 e. The largest absolute Gasteiger partial charge is 0.288 e. The van der Waals surface area contributed by atoms with Gasteiger partial charge in [-0.15, -0.1) is 0 Å². The molecule has 0 saturated carbocycles. The number of carbonyl (C=O) groups is 2. The molecule has 2 aromatic rings. The standard InChI is InChI=1S/C19H16Cl2N6O6/c20-14-6-4-12(8-16(14)26(30)31)10-22-24-18(28)2-1-3-19(29)25-23-11-13-5-7-15(21)17(9-13)27(32)33/h4-11H,1-3H2,(H,24,28)(H,25,29)/b22-10+,23-11+. The van der Waals surface area contributed by atoms with Crippen molar-refractivity contribution >= 4 is 58.8 Å². The fraction of sp³-hybridized carbons (Fsp3) is 0.158. The van der Waals surface area contributed by atoms with E-state index < -0.39 is 21.7 Å². The summed E-state index contributed by atoms with van der Waals surface area (Å²) in [4.78, 5) is 44.0. The van der Waals surface area contributed by atoms with Crippen LogP contribution in [0.4, 0.5) is 11.4 Å². The molecule has 12 nitrogen and oxygen atoms in total. The van der Waals surface area contributed by atoms with Gasteiger partial charge >= 0.3 is 0 Å². The van der Waals surface area contributed by atoms with Crippen molar-refractivity contribution in [1.29, 1.82) is 0 Å². The zero-order chi connectivity index (χ0) is 24.4. The van der Waals surface area contributed by atoms with Crippen LogP contribution in [-0.4, -0.2) is 34.1 Å². The van der Waals surface area contributed by atoms with Gasteiger partial charge in [-0.1, -0.05) is 35.3 Å². The van der Waals surface area contributed by atoms with E-state index in [0.717, 1.165) is 0 Å². The normalized spacial score (nSPS) is 11.0. The van der Waals surface area contributed by atoms with Gasteiger partial charge in [0.25, 0.3) is 11.4 Å².